The van der Waals surface area contributed by atoms with Crippen LogP contribution in [0.4, 0.5) is 10.5 Å². The summed E-state index contributed by atoms with van der Waals surface area (Å²) in [5, 5.41) is 8.80. The number of fused-ring (bicyclic) bond motifs is 1. The van der Waals surface area contributed by atoms with Crippen molar-refractivity contribution in [2.75, 3.05) is 25.0 Å². The highest BCUT2D eigenvalue weighted by Gasteiger charge is 2.43. The number of likely N-dealkylation sites (tertiary alicyclic amines) is 1. The Labute approximate surface area is 225 Å². The fourth-order valence-corrected chi connectivity index (χ4v) is 5.20. The molecular weight excluding hydrogens is 476 g/mol. The second kappa shape index (κ2) is 11.1. The number of ether oxygens (including phenoxy) is 1. The maximum Gasteiger partial charge on any atom is 0.410 e. The fourth-order valence-electron chi connectivity index (χ4n) is 5.20. The Bertz CT molecular complexity index is 1280. The zero-order valence-corrected chi connectivity index (χ0v) is 22.6. The van der Waals surface area contributed by atoms with Crippen molar-refractivity contribution in [1.29, 1.82) is 0 Å². The summed E-state index contributed by atoms with van der Waals surface area (Å²) in [5.41, 5.74) is 2.85. The van der Waals surface area contributed by atoms with Crippen molar-refractivity contribution in [2.24, 2.45) is 11.8 Å². The monoisotopic (exact) mass is 514 g/mol. The standard InChI is InChI=1S/C31H38N4O3/c1-31(2,3)38-30(37)35-14-11-22(12-15-35)19-33-18-21-4-6-23(7-5-21)27-17-28(27)29(36)34-26-9-8-25-20-32-13-10-24(25)16-26/h4-10,13,16,20,22,27-28,33H,11-12,14-15,17-19H2,1-3H3,(H,34,36). The van der Waals surface area contributed by atoms with E-state index >= 15 is 0 Å². The van der Waals surface area contributed by atoms with Crippen LogP contribution < -0.4 is 10.6 Å². The first-order chi connectivity index (χ1) is 18.2. The molecule has 7 nitrogen and oxygen atoms in total. The molecule has 2 aromatic carbocycles. The van der Waals surface area contributed by atoms with Crippen LogP contribution in [0.1, 0.15) is 57.1 Å². The van der Waals surface area contributed by atoms with Gasteiger partial charge in [0.2, 0.25) is 5.91 Å². The van der Waals surface area contributed by atoms with Crippen molar-refractivity contribution in [2.45, 2.75) is 58.1 Å². The van der Waals surface area contributed by atoms with Gasteiger partial charge in [0, 0.05) is 49.0 Å². The van der Waals surface area contributed by atoms with Crippen LogP contribution >= 0.6 is 0 Å². The molecule has 2 heterocycles. The minimum Gasteiger partial charge on any atom is -0.444 e. The maximum atomic E-state index is 12.8. The summed E-state index contributed by atoms with van der Waals surface area (Å²) < 4.78 is 5.49. The van der Waals surface area contributed by atoms with Gasteiger partial charge in [-0.3, -0.25) is 9.78 Å². The topological polar surface area (TPSA) is 83.6 Å². The second-order valence-corrected chi connectivity index (χ2v) is 11.7. The summed E-state index contributed by atoms with van der Waals surface area (Å²) in [5.74, 6) is 0.973. The van der Waals surface area contributed by atoms with E-state index in [1.165, 1.54) is 11.1 Å². The summed E-state index contributed by atoms with van der Waals surface area (Å²) in [6.45, 7) is 8.98. The predicted molar refractivity (Wildman–Crippen MR) is 150 cm³/mol. The van der Waals surface area contributed by atoms with E-state index < -0.39 is 5.60 Å². The lowest BCUT2D eigenvalue weighted by Crippen LogP contribution is -2.43. The Morgan fingerprint density at radius 1 is 1.03 bits per heavy atom. The van der Waals surface area contributed by atoms with Gasteiger partial charge in [0.05, 0.1) is 0 Å². The van der Waals surface area contributed by atoms with Gasteiger partial charge in [0.25, 0.3) is 0 Å². The number of nitrogens with one attached hydrogen (secondary N) is 2. The molecular formula is C31H38N4O3. The maximum absolute atomic E-state index is 12.8. The van der Waals surface area contributed by atoms with Crippen LogP contribution in [0, 0.1) is 11.8 Å². The number of anilines is 1. The summed E-state index contributed by atoms with van der Waals surface area (Å²) in [6.07, 6.45) is 6.27. The number of benzene rings is 2. The number of hydrogen-bond acceptors (Lipinski definition) is 5. The molecule has 2 aliphatic rings. The van der Waals surface area contributed by atoms with E-state index in [4.69, 9.17) is 4.74 Å². The minimum absolute atomic E-state index is 0.0265. The third-order valence-corrected chi connectivity index (χ3v) is 7.47. The third kappa shape index (κ3) is 6.70. The van der Waals surface area contributed by atoms with Crippen LogP contribution in [0.2, 0.25) is 0 Å². The van der Waals surface area contributed by atoms with E-state index in [0.717, 1.165) is 61.9 Å². The van der Waals surface area contributed by atoms with E-state index in [2.05, 4.69) is 39.9 Å². The van der Waals surface area contributed by atoms with Gasteiger partial charge >= 0.3 is 6.09 Å². The molecule has 3 aromatic rings. The van der Waals surface area contributed by atoms with E-state index in [1.54, 1.807) is 6.20 Å². The lowest BCUT2D eigenvalue weighted by Gasteiger charge is -2.33. The number of pyridine rings is 1. The van der Waals surface area contributed by atoms with Crippen molar-refractivity contribution in [3.05, 3.63) is 72.1 Å². The summed E-state index contributed by atoms with van der Waals surface area (Å²) in [6, 6.07) is 16.5. The number of amides is 2. The van der Waals surface area contributed by atoms with Crippen molar-refractivity contribution >= 4 is 28.5 Å². The smallest absolute Gasteiger partial charge is 0.410 e. The first-order valence-corrected chi connectivity index (χ1v) is 13.7. The lowest BCUT2D eigenvalue weighted by molar-refractivity contribution is -0.117. The molecule has 1 aromatic heterocycles. The molecule has 1 saturated carbocycles. The van der Waals surface area contributed by atoms with Gasteiger partial charge in [-0.25, -0.2) is 4.79 Å². The largest absolute Gasteiger partial charge is 0.444 e. The molecule has 5 rings (SSSR count). The molecule has 1 saturated heterocycles. The average molecular weight is 515 g/mol. The normalized spacial score (nSPS) is 19.8. The number of nitrogens with zero attached hydrogens (tertiary/aromatic N) is 2. The number of aromatic nitrogens is 1. The molecule has 2 atom stereocenters. The zero-order valence-electron chi connectivity index (χ0n) is 22.6. The first-order valence-electron chi connectivity index (χ1n) is 13.7. The van der Waals surface area contributed by atoms with Gasteiger partial charge in [0.1, 0.15) is 5.60 Å². The second-order valence-electron chi connectivity index (χ2n) is 11.7. The predicted octanol–water partition coefficient (Wildman–Crippen LogP) is 5.71. The lowest BCUT2D eigenvalue weighted by atomic mass is 9.97. The Hall–Kier alpha value is -3.45. The number of rotatable bonds is 7. The van der Waals surface area contributed by atoms with Crippen LogP contribution in [-0.2, 0) is 16.1 Å². The van der Waals surface area contributed by atoms with Crippen LogP contribution in [0.25, 0.3) is 10.8 Å². The number of carbonyl (C=O) groups excluding carboxylic acids is 2. The van der Waals surface area contributed by atoms with Gasteiger partial charge in [-0.05, 0) is 93.1 Å². The highest BCUT2D eigenvalue weighted by molar-refractivity contribution is 5.97. The highest BCUT2D eigenvalue weighted by atomic mass is 16.6. The van der Waals surface area contributed by atoms with Crippen molar-refractivity contribution in [3.63, 3.8) is 0 Å². The number of carbonyl (C=O) groups is 2. The summed E-state index contributed by atoms with van der Waals surface area (Å²) in [7, 11) is 0. The first kappa shape index (κ1) is 26.2. The van der Waals surface area contributed by atoms with E-state index in [-0.39, 0.29) is 23.8 Å². The Kier molecular flexibility index (Phi) is 7.65. The molecule has 2 N–H and O–H groups in total. The Balaban J connectivity index is 1.03. The van der Waals surface area contributed by atoms with Gasteiger partial charge in [0.15, 0.2) is 0 Å². The van der Waals surface area contributed by atoms with Gasteiger partial charge in [-0.2, -0.15) is 0 Å². The number of piperidine rings is 1. The zero-order chi connectivity index (χ0) is 26.7. The Morgan fingerprint density at radius 2 is 1.79 bits per heavy atom. The van der Waals surface area contributed by atoms with E-state index in [1.807, 2.05) is 56.1 Å². The van der Waals surface area contributed by atoms with Gasteiger partial charge in [-0.1, -0.05) is 30.3 Å². The van der Waals surface area contributed by atoms with Crippen LogP contribution in [0.3, 0.4) is 0 Å². The fraction of sp³-hybridized carbons (Fsp3) is 0.452. The number of hydrogen-bond donors (Lipinski definition) is 2. The molecule has 2 amide bonds. The van der Waals surface area contributed by atoms with Crippen molar-refractivity contribution in [3.8, 4) is 0 Å². The molecule has 2 unspecified atom stereocenters. The molecule has 7 heteroatoms. The van der Waals surface area contributed by atoms with E-state index in [0.29, 0.717) is 5.92 Å². The minimum atomic E-state index is -0.450. The summed E-state index contributed by atoms with van der Waals surface area (Å²) in [4.78, 5) is 31.0. The van der Waals surface area contributed by atoms with Gasteiger partial charge < -0.3 is 20.3 Å². The molecule has 0 bridgehead atoms. The molecule has 0 radical (unpaired) electrons. The average Bonchev–Trinajstić information content (AvgIpc) is 3.70. The molecule has 0 spiro atoms. The van der Waals surface area contributed by atoms with Crippen LogP contribution in [-0.4, -0.2) is 47.1 Å². The van der Waals surface area contributed by atoms with Crippen molar-refractivity contribution in [1.82, 2.24) is 15.2 Å². The molecule has 1 aliphatic heterocycles. The molecule has 38 heavy (non-hydrogen) atoms. The molecule has 1 aliphatic carbocycles. The van der Waals surface area contributed by atoms with E-state index in [9.17, 15) is 9.59 Å². The van der Waals surface area contributed by atoms with Gasteiger partial charge in [-0.15, -0.1) is 0 Å². The highest BCUT2D eigenvalue weighted by Crippen LogP contribution is 2.48. The summed E-state index contributed by atoms with van der Waals surface area (Å²) >= 11 is 0. The third-order valence-electron chi connectivity index (χ3n) is 7.47. The SMILES string of the molecule is CC(C)(C)OC(=O)N1CCC(CNCc2ccc(C3CC3C(=O)Nc3ccc4cnccc4c3)cc2)CC1. The Morgan fingerprint density at radius 3 is 2.53 bits per heavy atom. The quantitative estimate of drug-likeness (QED) is 0.422. The molecule has 2 fully saturated rings. The molecule has 200 valence electrons. The van der Waals surface area contributed by atoms with Crippen molar-refractivity contribution < 1.29 is 14.3 Å². The van der Waals surface area contributed by atoms with Crippen LogP contribution in [0.15, 0.2) is 60.9 Å². The van der Waals surface area contributed by atoms with Crippen LogP contribution in [0.5, 0.6) is 0 Å².